The topological polar surface area (TPSA) is 64.6 Å². The van der Waals surface area contributed by atoms with Gasteiger partial charge in [0.25, 0.3) is 0 Å². The van der Waals surface area contributed by atoms with Crippen molar-refractivity contribution in [2.24, 2.45) is 0 Å². The van der Waals surface area contributed by atoms with Gasteiger partial charge in [0.15, 0.2) is 12.0 Å². The molecule has 142 valence electrons. The molecule has 0 amide bonds. The number of rotatable bonds is 6. The molecule has 1 aromatic rings. The summed E-state index contributed by atoms with van der Waals surface area (Å²) in [4.78, 5) is 24.4. The number of methoxy groups -OCH3 is 1. The van der Waals surface area contributed by atoms with Crippen LogP contribution in [0.15, 0.2) is 30.1 Å². The predicted molar refractivity (Wildman–Crippen MR) is 87.8 cm³/mol. The molecule has 1 aromatic carbocycles. The van der Waals surface area contributed by atoms with Gasteiger partial charge >= 0.3 is 12.1 Å². The summed E-state index contributed by atoms with van der Waals surface area (Å²) in [5, 5.41) is 2.80. The number of Topliss-reactive ketones (excluding diaryl/α,β-unsaturated/α-hetero) is 1. The van der Waals surface area contributed by atoms with Crippen molar-refractivity contribution >= 4 is 17.3 Å². The lowest BCUT2D eigenvalue weighted by atomic mass is 9.97. The van der Waals surface area contributed by atoms with E-state index in [-0.39, 0.29) is 17.0 Å². The van der Waals surface area contributed by atoms with Gasteiger partial charge in [0.05, 0.1) is 18.2 Å². The molecule has 0 bridgehead atoms. The fourth-order valence-electron chi connectivity index (χ4n) is 2.66. The molecule has 2 atom stereocenters. The SMILES string of the molecule is CCC(NC1=C(c2cccc(C(F)(F)F)c2)C(=O)C(CC)O1)C(=O)OC. The van der Waals surface area contributed by atoms with E-state index in [9.17, 15) is 22.8 Å². The van der Waals surface area contributed by atoms with Crippen molar-refractivity contribution in [1.82, 2.24) is 5.32 Å². The van der Waals surface area contributed by atoms with Crippen LogP contribution in [-0.2, 0) is 25.2 Å². The van der Waals surface area contributed by atoms with Crippen LogP contribution in [0.5, 0.6) is 0 Å². The largest absolute Gasteiger partial charge is 0.467 e. The molecule has 0 aromatic heterocycles. The van der Waals surface area contributed by atoms with Crippen molar-refractivity contribution in [2.75, 3.05) is 7.11 Å². The van der Waals surface area contributed by atoms with Crippen LogP contribution in [0.3, 0.4) is 0 Å². The fraction of sp³-hybridized carbons (Fsp3) is 0.444. The monoisotopic (exact) mass is 371 g/mol. The summed E-state index contributed by atoms with van der Waals surface area (Å²) in [6, 6.07) is 3.68. The minimum Gasteiger partial charge on any atom is -0.467 e. The highest BCUT2D eigenvalue weighted by atomic mass is 19.4. The van der Waals surface area contributed by atoms with Crippen LogP contribution in [0, 0.1) is 0 Å². The molecule has 5 nitrogen and oxygen atoms in total. The normalized spacial score (nSPS) is 18.5. The number of hydrogen-bond donors (Lipinski definition) is 1. The number of hydrogen-bond acceptors (Lipinski definition) is 5. The van der Waals surface area contributed by atoms with Gasteiger partial charge in [-0.05, 0) is 30.5 Å². The first kappa shape index (κ1) is 19.8. The maximum Gasteiger partial charge on any atom is 0.416 e. The third-order valence-corrected chi connectivity index (χ3v) is 4.07. The van der Waals surface area contributed by atoms with Crippen molar-refractivity contribution in [3.63, 3.8) is 0 Å². The molecule has 2 rings (SSSR count). The molecule has 0 spiro atoms. The minimum absolute atomic E-state index is 0.00146. The number of carbonyl (C=O) groups is 2. The highest BCUT2D eigenvalue weighted by molar-refractivity contribution is 6.25. The van der Waals surface area contributed by atoms with E-state index in [1.807, 2.05) is 0 Å². The maximum absolute atomic E-state index is 13.0. The minimum atomic E-state index is -4.53. The molecule has 8 heteroatoms. The van der Waals surface area contributed by atoms with E-state index < -0.39 is 35.6 Å². The Hall–Kier alpha value is -2.51. The fourth-order valence-corrected chi connectivity index (χ4v) is 2.66. The van der Waals surface area contributed by atoms with Crippen molar-refractivity contribution in [3.05, 3.63) is 41.3 Å². The van der Waals surface area contributed by atoms with Crippen molar-refractivity contribution < 1.29 is 32.2 Å². The molecular weight excluding hydrogens is 351 g/mol. The standard InChI is InChI=1S/C18H20F3NO4/c1-4-12(17(24)25-3)22-16-14(15(23)13(5-2)26-16)10-7-6-8-11(9-10)18(19,20)21/h6-9,12-13,22H,4-5H2,1-3H3. The van der Waals surface area contributed by atoms with Crippen molar-refractivity contribution in [2.45, 2.75) is 45.0 Å². The van der Waals surface area contributed by atoms with E-state index in [1.165, 1.54) is 19.2 Å². The Labute approximate surface area is 149 Å². The molecule has 0 fully saturated rings. The van der Waals surface area contributed by atoms with Crippen LogP contribution >= 0.6 is 0 Å². The van der Waals surface area contributed by atoms with Crippen LogP contribution in [0.25, 0.3) is 5.57 Å². The molecule has 1 aliphatic rings. The number of esters is 1. The van der Waals surface area contributed by atoms with Crippen LogP contribution in [-0.4, -0.2) is 31.0 Å². The third kappa shape index (κ3) is 4.00. The van der Waals surface area contributed by atoms with E-state index in [4.69, 9.17) is 4.74 Å². The smallest absolute Gasteiger partial charge is 0.416 e. The third-order valence-electron chi connectivity index (χ3n) is 4.07. The molecule has 0 saturated heterocycles. The van der Waals surface area contributed by atoms with E-state index in [0.717, 1.165) is 12.1 Å². The van der Waals surface area contributed by atoms with Gasteiger partial charge in [-0.15, -0.1) is 0 Å². The lowest BCUT2D eigenvalue weighted by Crippen LogP contribution is -2.37. The highest BCUT2D eigenvalue weighted by Crippen LogP contribution is 2.35. The summed E-state index contributed by atoms with van der Waals surface area (Å²) >= 11 is 0. The van der Waals surface area contributed by atoms with Crippen molar-refractivity contribution in [1.29, 1.82) is 0 Å². The predicted octanol–water partition coefficient (Wildman–Crippen LogP) is 3.29. The molecule has 1 N–H and O–H groups in total. The summed E-state index contributed by atoms with van der Waals surface area (Å²) in [6.07, 6.45) is -4.64. The first-order chi connectivity index (χ1) is 12.2. The Bertz CT molecular complexity index is 727. The van der Waals surface area contributed by atoms with Crippen LogP contribution in [0.1, 0.15) is 37.8 Å². The van der Waals surface area contributed by atoms with E-state index in [0.29, 0.717) is 12.8 Å². The van der Waals surface area contributed by atoms with Gasteiger partial charge in [-0.25, -0.2) is 4.79 Å². The van der Waals surface area contributed by atoms with Gasteiger partial charge in [-0.3, -0.25) is 4.79 Å². The number of ether oxygens (including phenoxy) is 2. The van der Waals surface area contributed by atoms with E-state index in [2.05, 4.69) is 10.1 Å². The Morgan fingerprint density at radius 2 is 2.04 bits per heavy atom. The highest BCUT2D eigenvalue weighted by Gasteiger charge is 2.38. The number of alkyl halides is 3. The van der Waals surface area contributed by atoms with E-state index >= 15 is 0 Å². The van der Waals surface area contributed by atoms with Gasteiger partial charge in [-0.1, -0.05) is 26.0 Å². The number of halogens is 3. The quantitative estimate of drug-likeness (QED) is 0.778. The second-order valence-electron chi connectivity index (χ2n) is 5.79. The Morgan fingerprint density at radius 1 is 1.35 bits per heavy atom. The van der Waals surface area contributed by atoms with Gasteiger partial charge in [0.1, 0.15) is 6.04 Å². The van der Waals surface area contributed by atoms with Crippen LogP contribution < -0.4 is 5.32 Å². The zero-order chi connectivity index (χ0) is 19.5. The Morgan fingerprint density at radius 3 is 2.58 bits per heavy atom. The molecule has 26 heavy (non-hydrogen) atoms. The van der Waals surface area contributed by atoms with Crippen molar-refractivity contribution in [3.8, 4) is 0 Å². The second kappa shape index (κ2) is 7.80. The summed E-state index contributed by atoms with van der Waals surface area (Å²) < 4.78 is 49.3. The average Bonchev–Trinajstić information content (AvgIpc) is 2.93. The number of ketones is 1. The summed E-state index contributed by atoms with van der Waals surface area (Å²) in [5.74, 6) is -0.980. The molecular formula is C18H20F3NO4. The maximum atomic E-state index is 13.0. The Kier molecular flexibility index (Phi) is 5.94. The average molecular weight is 371 g/mol. The molecule has 0 radical (unpaired) electrons. The number of carbonyl (C=O) groups excluding carboxylic acids is 2. The lowest BCUT2D eigenvalue weighted by Gasteiger charge is -2.18. The zero-order valence-corrected chi connectivity index (χ0v) is 14.6. The molecule has 1 aliphatic heterocycles. The second-order valence-corrected chi connectivity index (χ2v) is 5.79. The lowest BCUT2D eigenvalue weighted by molar-refractivity contribution is -0.143. The summed E-state index contributed by atoms with van der Waals surface area (Å²) in [7, 11) is 1.23. The molecule has 2 unspecified atom stereocenters. The number of benzene rings is 1. The summed E-state index contributed by atoms with van der Waals surface area (Å²) in [6.45, 7) is 3.46. The number of nitrogens with one attached hydrogen (secondary N) is 1. The van der Waals surface area contributed by atoms with Crippen LogP contribution in [0.4, 0.5) is 13.2 Å². The molecule has 0 aliphatic carbocycles. The molecule has 0 saturated carbocycles. The first-order valence-corrected chi connectivity index (χ1v) is 8.20. The molecule has 1 heterocycles. The van der Waals surface area contributed by atoms with E-state index in [1.54, 1.807) is 13.8 Å². The Balaban J connectivity index is 2.48. The first-order valence-electron chi connectivity index (χ1n) is 8.20. The van der Waals surface area contributed by atoms with Gasteiger partial charge in [0, 0.05) is 0 Å². The van der Waals surface area contributed by atoms with Gasteiger partial charge in [0.2, 0.25) is 5.78 Å². The van der Waals surface area contributed by atoms with Crippen LogP contribution in [0.2, 0.25) is 0 Å². The summed E-state index contributed by atoms with van der Waals surface area (Å²) in [5.41, 5.74) is -0.775. The zero-order valence-electron chi connectivity index (χ0n) is 14.6. The van der Waals surface area contributed by atoms with Gasteiger partial charge < -0.3 is 14.8 Å². The van der Waals surface area contributed by atoms with Gasteiger partial charge in [-0.2, -0.15) is 13.2 Å².